The number of hydrogen-bond acceptors (Lipinski definition) is 7. The molecule has 2 aromatic carbocycles. The number of ether oxygens (including phenoxy) is 2. The van der Waals surface area contributed by atoms with E-state index in [9.17, 15) is 19.6 Å². The Kier molecular flexibility index (Phi) is 6.54. The molecule has 2 amide bonds. The molecular formula is C22H18N2O5S. The number of benzene rings is 2. The maximum atomic E-state index is 12.7. The molecule has 0 bridgehead atoms. The van der Waals surface area contributed by atoms with Crippen molar-refractivity contribution in [2.45, 2.75) is 19.6 Å². The summed E-state index contributed by atoms with van der Waals surface area (Å²) in [7, 11) is 1.20. The molecule has 1 fully saturated rings. The predicted octanol–water partition coefficient (Wildman–Crippen LogP) is 3.74. The van der Waals surface area contributed by atoms with Crippen LogP contribution in [0.2, 0.25) is 0 Å². The van der Waals surface area contributed by atoms with Gasteiger partial charge in [-0.2, -0.15) is 5.26 Å². The molecule has 30 heavy (non-hydrogen) atoms. The lowest BCUT2D eigenvalue weighted by atomic mass is 10.1. The Balaban J connectivity index is 1.83. The van der Waals surface area contributed by atoms with Crippen molar-refractivity contribution in [1.29, 1.82) is 5.26 Å². The number of hydrogen-bond donors (Lipinski definition) is 0. The third kappa shape index (κ3) is 4.36. The number of rotatable bonds is 6. The summed E-state index contributed by atoms with van der Waals surface area (Å²) < 4.78 is 10.5. The number of nitrogens with zero attached hydrogens (tertiary/aromatic N) is 2. The van der Waals surface area contributed by atoms with E-state index in [0.717, 1.165) is 22.2 Å². The van der Waals surface area contributed by atoms with Crippen LogP contribution in [0.5, 0.6) is 5.75 Å². The van der Waals surface area contributed by atoms with Gasteiger partial charge in [0.15, 0.2) is 0 Å². The van der Waals surface area contributed by atoms with Gasteiger partial charge in [-0.1, -0.05) is 36.4 Å². The average Bonchev–Trinajstić information content (AvgIpc) is 3.04. The molecule has 1 aliphatic rings. The maximum absolute atomic E-state index is 12.7. The van der Waals surface area contributed by atoms with E-state index in [1.165, 1.54) is 14.0 Å². The zero-order valence-corrected chi connectivity index (χ0v) is 17.1. The Hall–Kier alpha value is -3.57. The van der Waals surface area contributed by atoms with Crippen LogP contribution < -0.4 is 4.74 Å². The number of thioether (sulfide) groups is 1. The standard InChI is InChI=1S/C22H18N2O5S/c1-14(21(26)28-2)24-20(25)19(30-22(24)27)11-15-7-5-6-10-18(15)29-13-17-9-4-3-8-16(17)12-23/h3-11,14H,13H2,1-2H3/b19-11+/t14-/m0/s1. The SMILES string of the molecule is COC(=O)[C@H](C)N1C(=O)S/C(=C/c2ccccc2OCc2ccccc2C#N)C1=O. The van der Waals surface area contributed by atoms with Crippen molar-refractivity contribution in [1.82, 2.24) is 4.90 Å². The third-order valence-corrected chi connectivity index (χ3v) is 5.36. The second-order valence-electron chi connectivity index (χ2n) is 6.35. The van der Waals surface area contributed by atoms with Crippen LogP contribution in [0.3, 0.4) is 0 Å². The van der Waals surface area contributed by atoms with E-state index in [1.807, 2.05) is 6.07 Å². The van der Waals surface area contributed by atoms with E-state index in [-0.39, 0.29) is 11.5 Å². The Morgan fingerprint density at radius 3 is 2.63 bits per heavy atom. The molecule has 0 aliphatic carbocycles. The Morgan fingerprint density at radius 1 is 1.20 bits per heavy atom. The van der Waals surface area contributed by atoms with Crippen LogP contribution in [0.15, 0.2) is 53.4 Å². The number of amides is 2. The van der Waals surface area contributed by atoms with Gasteiger partial charge in [-0.25, -0.2) is 4.79 Å². The van der Waals surface area contributed by atoms with Gasteiger partial charge in [0.25, 0.3) is 11.1 Å². The van der Waals surface area contributed by atoms with Crippen LogP contribution in [-0.4, -0.2) is 35.2 Å². The minimum atomic E-state index is -1.01. The number of esters is 1. The van der Waals surface area contributed by atoms with Gasteiger partial charge >= 0.3 is 5.97 Å². The van der Waals surface area contributed by atoms with Gasteiger partial charge in [0.1, 0.15) is 18.4 Å². The molecule has 0 spiro atoms. The van der Waals surface area contributed by atoms with Gasteiger partial charge in [0.2, 0.25) is 0 Å². The van der Waals surface area contributed by atoms with Crippen molar-refractivity contribution in [3.8, 4) is 11.8 Å². The van der Waals surface area contributed by atoms with E-state index in [0.29, 0.717) is 16.9 Å². The summed E-state index contributed by atoms with van der Waals surface area (Å²) in [5, 5.41) is 8.68. The summed E-state index contributed by atoms with van der Waals surface area (Å²) in [6, 6.07) is 15.3. The van der Waals surface area contributed by atoms with Crippen molar-refractivity contribution < 1.29 is 23.9 Å². The van der Waals surface area contributed by atoms with Crippen molar-refractivity contribution in [2.24, 2.45) is 0 Å². The van der Waals surface area contributed by atoms with Crippen LogP contribution >= 0.6 is 11.8 Å². The second kappa shape index (κ2) is 9.29. The van der Waals surface area contributed by atoms with E-state index < -0.39 is 23.2 Å². The maximum Gasteiger partial charge on any atom is 0.328 e. The fourth-order valence-electron chi connectivity index (χ4n) is 2.87. The summed E-state index contributed by atoms with van der Waals surface area (Å²) in [5.41, 5.74) is 1.86. The number of methoxy groups -OCH3 is 1. The van der Waals surface area contributed by atoms with Gasteiger partial charge in [-0.3, -0.25) is 14.5 Å². The highest BCUT2D eigenvalue weighted by atomic mass is 32.2. The summed E-state index contributed by atoms with van der Waals surface area (Å²) in [5.74, 6) is -0.732. The number of carbonyl (C=O) groups excluding carboxylic acids is 3. The Labute approximate surface area is 177 Å². The quantitative estimate of drug-likeness (QED) is 0.517. The minimum Gasteiger partial charge on any atom is -0.488 e. The van der Waals surface area contributed by atoms with Crippen LogP contribution in [0.25, 0.3) is 6.08 Å². The van der Waals surface area contributed by atoms with Crippen molar-refractivity contribution in [3.05, 3.63) is 70.1 Å². The Morgan fingerprint density at radius 2 is 1.90 bits per heavy atom. The average molecular weight is 422 g/mol. The number of carbonyl (C=O) groups is 3. The van der Waals surface area contributed by atoms with Crippen LogP contribution in [0.4, 0.5) is 4.79 Å². The number of imide groups is 1. The molecule has 0 aromatic heterocycles. The second-order valence-corrected chi connectivity index (χ2v) is 7.34. The molecule has 0 unspecified atom stereocenters. The first-order valence-electron chi connectivity index (χ1n) is 9.01. The summed E-state index contributed by atoms with van der Waals surface area (Å²) in [4.78, 5) is 37.8. The molecular weight excluding hydrogens is 404 g/mol. The molecule has 0 saturated carbocycles. The first-order valence-corrected chi connectivity index (χ1v) is 9.82. The predicted molar refractivity (Wildman–Crippen MR) is 111 cm³/mol. The van der Waals surface area contributed by atoms with E-state index >= 15 is 0 Å². The number of nitriles is 1. The molecule has 1 aliphatic heterocycles. The van der Waals surface area contributed by atoms with Crippen molar-refractivity contribution in [3.63, 3.8) is 0 Å². The zero-order valence-electron chi connectivity index (χ0n) is 16.3. The van der Waals surface area contributed by atoms with Crippen LogP contribution in [0, 0.1) is 11.3 Å². The smallest absolute Gasteiger partial charge is 0.328 e. The lowest BCUT2D eigenvalue weighted by molar-refractivity contribution is -0.148. The lowest BCUT2D eigenvalue weighted by Gasteiger charge is -2.18. The normalized spacial score (nSPS) is 15.8. The molecule has 2 aromatic rings. The van der Waals surface area contributed by atoms with Crippen molar-refractivity contribution >= 4 is 35.0 Å². The first kappa shape index (κ1) is 21.1. The van der Waals surface area contributed by atoms with Gasteiger partial charge < -0.3 is 9.47 Å². The zero-order chi connectivity index (χ0) is 21.7. The number of para-hydroxylation sites is 1. The van der Waals surface area contributed by atoms with Gasteiger partial charge in [0, 0.05) is 11.1 Å². The first-order chi connectivity index (χ1) is 14.5. The highest BCUT2D eigenvalue weighted by Crippen LogP contribution is 2.35. The van der Waals surface area contributed by atoms with Gasteiger partial charge in [-0.05, 0) is 36.9 Å². The molecule has 8 heteroatoms. The molecule has 1 atom stereocenters. The molecule has 152 valence electrons. The molecule has 1 heterocycles. The highest BCUT2D eigenvalue weighted by Gasteiger charge is 2.41. The van der Waals surface area contributed by atoms with Gasteiger partial charge in [0.05, 0.1) is 23.6 Å². The lowest BCUT2D eigenvalue weighted by Crippen LogP contribution is -2.42. The van der Waals surface area contributed by atoms with E-state index in [4.69, 9.17) is 4.74 Å². The largest absolute Gasteiger partial charge is 0.488 e. The minimum absolute atomic E-state index is 0.176. The van der Waals surface area contributed by atoms with Crippen LogP contribution in [-0.2, 0) is 20.9 Å². The molecule has 1 saturated heterocycles. The van der Waals surface area contributed by atoms with Crippen molar-refractivity contribution in [2.75, 3.05) is 7.11 Å². The summed E-state index contributed by atoms with van der Waals surface area (Å²) in [6.45, 7) is 1.62. The fraction of sp³-hybridized carbons (Fsp3) is 0.182. The topological polar surface area (TPSA) is 96.7 Å². The van der Waals surface area contributed by atoms with E-state index in [2.05, 4.69) is 10.8 Å². The Bertz CT molecular complexity index is 1070. The highest BCUT2D eigenvalue weighted by molar-refractivity contribution is 8.18. The molecule has 7 nitrogen and oxygen atoms in total. The summed E-state index contributed by atoms with van der Waals surface area (Å²) in [6.07, 6.45) is 1.56. The van der Waals surface area contributed by atoms with Gasteiger partial charge in [-0.15, -0.1) is 0 Å². The fourth-order valence-corrected chi connectivity index (χ4v) is 3.77. The van der Waals surface area contributed by atoms with Crippen LogP contribution in [0.1, 0.15) is 23.6 Å². The summed E-state index contributed by atoms with van der Waals surface area (Å²) >= 11 is 0.754. The monoisotopic (exact) mass is 422 g/mol. The molecule has 0 N–H and O–H groups in total. The molecule has 0 radical (unpaired) electrons. The third-order valence-electron chi connectivity index (χ3n) is 4.48. The van der Waals surface area contributed by atoms with E-state index in [1.54, 1.807) is 48.5 Å². The molecule has 3 rings (SSSR count).